The molecule has 0 saturated heterocycles. The maximum atomic E-state index is 12.9. The number of nitrogens with one attached hydrogen (secondary N) is 1. The fourth-order valence-corrected chi connectivity index (χ4v) is 1.98. The Balaban J connectivity index is 1.73. The van der Waals surface area contributed by atoms with Crippen molar-refractivity contribution in [3.05, 3.63) is 48.4 Å². The molecule has 0 aliphatic rings. The van der Waals surface area contributed by atoms with E-state index in [0.717, 1.165) is 5.56 Å². The molecule has 0 aliphatic carbocycles. The third kappa shape index (κ3) is 3.62. The quantitative estimate of drug-likeness (QED) is 0.704. The van der Waals surface area contributed by atoms with Crippen LogP contribution in [0.15, 0.2) is 41.4 Å². The smallest absolute Gasteiger partial charge is 0.348 e. The molecule has 3 aromatic rings. The number of aromatic nitrogens is 5. The molecule has 0 aliphatic heterocycles. The first-order valence-corrected chi connectivity index (χ1v) is 7.21. The van der Waals surface area contributed by atoms with E-state index in [9.17, 15) is 8.78 Å². The second kappa shape index (κ2) is 6.44. The average molecular weight is 353 g/mol. The molecule has 0 bridgehead atoms. The zero-order valence-corrected chi connectivity index (χ0v) is 13.1. The molecule has 0 radical (unpaired) electrons. The highest BCUT2D eigenvalue weighted by Crippen LogP contribution is 2.31. The van der Waals surface area contributed by atoms with E-state index in [1.807, 2.05) is 19.1 Å². The largest absolute Gasteiger partial charge is 0.400 e. The number of pyridine rings is 1. The molecular weight excluding hydrogens is 342 g/mol. The van der Waals surface area contributed by atoms with Crippen LogP contribution < -0.4 is 5.32 Å². The number of rotatable bonds is 5. The van der Waals surface area contributed by atoms with Crippen LogP contribution in [0.25, 0.3) is 11.4 Å². The third-order valence-corrected chi connectivity index (χ3v) is 3.29. The summed E-state index contributed by atoms with van der Waals surface area (Å²) >= 11 is 4.82. The van der Waals surface area contributed by atoms with E-state index in [4.69, 9.17) is 11.6 Å². The van der Waals surface area contributed by atoms with Gasteiger partial charge in [-0.3, -0.25) is 4.98 Å². The molecule has 124 valence electrons. The number of halogens is 3. The molecule has 1 unspecified atom stereocenters. The summed E-state index contributed by atoms with van der Waals surface area (Å²) in [6, 6.07) is 3.71. The Morgan fingerprint density at radius 1 is 1.21 bits per heavy atom. The first-order chi connectivity index (χ1) is 11.4. The van der Waals surface area contributed by atoms with Crippen LogP contribution in [-0.2, 0) is 5.38 Å². The molecular formula is C14H11ClF2N6O. The number of hydrogen-bond acceptors (Lipinski definition) is 7. The lowest BCUT2D eigenvalue weighted by atomic mass is 10.1. The first kappa shape index (κ1) is 16.2. The highest BCUT2D eigenvalue weighted by atomic mass is 35.5. The molecule has 0 aromatic carbocycles. The molecule has 0 saturated carbocycles. The molecule has 1 N–H and O–H groups in total. The van der Waals surface area contributed by atoms with E-state index in [2.05, 4.69) is 34.9 Å². The minimum absolute atomic E-state index is 0.0365. The highest BCUT2D eigenvalue weighted by molar-refractivity contribution is 6.21. The van der Waals surface area contributed by atoms with Crippen molar-refractivity contribution in [2.24, 2.45) is 0 Å². The minimum Gasteiger partial charge on any atom is -0.348 e. The van der Waals surface area contributed by atoms with Gasteiger partial charge in [0.15, 0.2) is 0 Å². The fraction of sp³-hybridized carbons (Fsp3) is 0.214. The van der Waals surface area contributed by atoms with Crippen LogP contribution in [0.3, 0.4) is 0 Å². The van der Waals surface area contributed by atoms with Crippen molar-refractivity contribution in [2.45, 2.75) is 18.3 Å². The average Bonchev–Trinajstić information content (AvgIpc) is 3.07. The second-order valence-corrected chi connectivity index (χ2v) is 5.34. The topological polar surface area (TPSA) is 89.6 Å². The van der Waals surface area contributed by atoms with Gasteiger partial charge >= 0.3 is 11.3 Å². The van der Waals surface area contributed by atoms with E-state index >= 15 is 0 Å². The summed E-state index contributed by atoms with van der Waals surface area (Å²) in [4.78, 5) is 15.7. The van der Waals surface area contributed by atoms with Crippen LogP contribution in [0.1, 0.15) is 24.4 Å². The Kier molecular flexibility index (Phi) is 4.34. The molecule has 3 rings (SSSR count). The minimum atomic E-state index is -3.71. The SMILES string of the molecule is CC(Nc1ncc(-c2noc(C(F)(F)Cl)n2)cn1)c1ccncc1. The lowest BCUT2D eigenvalue weighted by Gasteiger charge is -2.13. The first-order valence-electron chi connectivity index (χ1n) is 6.83. The normalized spacial score (nSPS) is 12.8. The monoisotopic (exact) mass is 352 g/mol. The van der Waals surface area contributed by atoms with Crippen molar-refractivity contribution in [1.29, 1.82) is 0 Å². The van der Waals surface area contributed by atoms with Gasteiger partial charge in [0, 0.05) is 24.8 Å². The Morgan fingerprint density at radius 2 is 1.88 bits per heavy atom. The zero-order valence-electron chi connectivity index (χ0n) is 12.3. The summed E-state index contributed by atoms with van der Waals surface area (Å²) in [5.41, 5.74) is 1.35. The van der Waals surface area contributed by atoms with Gasteiger partial charge in [-0.05, 0) is 36.2 Å². The van der Waals surface area contributed by atoms with Crippen LogP contribution in [0.2, 0.25) is 0 Å². The van der Waals surface area contributed by atoms with Crippen molar-refractivity contribution in [3.8, 4) is 11.4 Å². The van der Waals surface area contributed by atoms with Gasteiger partial charge in [0.05, 0.1) is 11.6 Å². The molecule has 0 fully saturated rings. The predicted molar refractivity (Wildman–Crippen MR) is 81.3 cm³/mol. The van der Waals surface area contributed by atoms with E-state index < -0.39 is 11.3 Å². The van der Waals surface area contributed by atoms with Gasteiger partial charge in [-0.1, -0.05) is 5.16 Å². The van der Waals surface area contributed by atoms with Crippen molar-refractivity contribution in [1.82, 2.24) is 25.1 Å². The standard InChI is InChI=1S/C14H11ClF2N6O/c1-8(9-2-4-18-5-3-9)21-13-19-6-10(7-20-13)11-22-12(24-23-11)14(15,16)17/h2-8H,1H3,(H,19,20,21). The molecule has 24 heavy (non-hydrogen) atoms. The Bertz CT molecular complexity index is 806. The number of hydrogen-bond donors (Lipinski definition) is 1. The molecule has 0 amide bonds. The number of alkyl halides is 3. The Morgan fingerprint density at radius 3 is 2.46 bits per heavy atom. The van der Waals surface area contributed by atoms with E-state index in [1.165, 1.54) is 12.4 Å². The van der Waals surface area contributed by atoms with Gasteiger partial charge in [0.2, 0.25) is 11.8 Å². The third-order valence-electron chi connectivity index (χ3n) is 3.13. The molecule has 0 spiro atoms. The van der Waals surface area contributed by atoms with Crippen LogP contribution in [-0.4, -0.2) is 25.1 Å². The lowest BCUT2D eigenvalue weighted by Crippen LogP contribution is -2.09. The van der Waals surface area contributed by atoms with Gasteiger partial charge in [-0.2, -0.15) is 13.8 Å². The van der Waals surface area contributed by atoms with Gasteiger partial charge in [-0.25, -0.2) is 9.97 Å². The molecule has 7 nitrogen and oxygen atoms in total. The summed E-state index contributed by atoms with van der Waals surface area (Å²) in [6.45, 7) is 1.95. The van der Waals surface area contributed by atoms with E-state index in [0.29, 0.717) is 11.5 Å². The van der Waals surface area contributed by atoms with E-state index in [-0.39, 0.29) is 11.9 Å². The van der Waals surface area contributed by atoms with E-state index in [1.54, 1.807) is 12.4 Å². The van der Waals surface area contributed by atoms with Crippen molar-refractivity contribution in [2.75, 3.05) is 5.32 Å². The number of nitrogens with zero attached hydrogens (tertiary/aromatic N) is 5. The summed E-state index contributed by atoms with van der Waals surface area (Å²) < 4.78 is 30.2. The molecule has 1 atom stereocenters. The zero-order chi connectivity index (χ0) is 17.2. The Labute approximate surface area is 140 Å². The van der Waals surface area contributed by atoms with Crippen molar-refractivity contribution < 1.29 is 13.3 Å². The van der Waals surface area contributed by atoms with Gasteiger partial charge < -0.3 is 9.84 Å². The lowest BCUT2D eigenvalue weighted by molar-refractivity contribution is 0.0551. The highest BCUT2D eigenvalue weighted by Gasteiger charge is 2.35. The molecule has 3 aromatic heterocycles. The van der Waals surface area contributed by atoms with Crippen LogP contribution in [0.4, 0.5) is 14.7 Å². The van der Waals surface area contributed by atoms with Crippen molar-refractivity contribution in [3.63, 3.8) is 0 Å². The summed E-state index contributed by atoms with van der Waals surface area (Å²) in [5.74, 6) is -0.679. The predicted octanol–water partition coefficient (Wildman–Crippen LogP) is 3.38. The number of anilines is 1. The van der Waals surface area contributed by atoms with Crippen LogP contribution in [0.5, 0.6) is 0 Å². The van der Waals surface area contributed by atoms with Gasteiger partial charge in [0.25, 0.3) is 0 Å². The Hall–Kier alpha value is -2.68. The summed E-state index contributed by atoms with van der Waals surface area (Å²) in [6.07, 6.45) is 6.18. The fourth-order valence-electron chi connectivity index (χ4n) is 1.90. The van der Waals surface area contributed by atoms with Crippen LogP contribution >= 0.6 is 11.6 Å². The summed E-state index contributed by atoms with van der Waals surface area (Å²) in [5, 5.41) is 2.83. The second-order valence-electron chi connectivity index (χ2n) is 4.86. The summed E-state index contributed by atoms with van der Waals surface area (Å²) in [7, 11) is 0. The maximum absolute atomic E-state index is 12.9. The maximum Gasteiger partial charge on any atom is 0.400 e. The van der Waals surface area contributed by atoms with Gasteiger partial charge in [-0.15, -0.1) is 0 Å². The van der Waals surface area contributed by atoms with Crippen molar-refractivity contribution >= 4 is 17.5 Å². The molecule has 3 heterocycles. The van der Waals surface area contributed by atoms with Gasteiger partial charge in [0.1, 0.15) is 0 Å². The molecule has 10 heteroatoms. The van der Waals surface area contributed by atoms with Crippen LogP contribution in [0, 0.1) is 0 Å².